The first kappa shape index (κ1) is 20.7. The number of nitrogens with one attached hydrogen (secondary N) is 1. The molecule has 1 N–H and O–H groups in total. The van der Waals surface area contributed by atoms with Crippen molar-refractivity contribution >= 4 is 17.5 Å². The van der Waals surface area contributed by atoms with Gasteiger partial charge in [0.05, 0.1) is 17.0 Å². The van der Waals surface area contributed by atoms with Gasteiger partial charge in [-0.25, -0.2) is 4.98 Å². The van der Waals surface area contributed by atoms with E-state index in [9.17, 15) is 18.0 Å². The molecule has 11 heteroatoms. The number of nitrogens with zero attached hydrogens (tertiary/aromatic N) is 4. The molecule has 0 saturated heterocycles. The van der Waals surface area contributed by atoms with Crippen molar-refractivity contribution in [1.29, 1.82) is 0 Å². The summed E-state index contributed by atoms with van der Waals surface area (Å²) in [5, 5.41) is 6.38. The van der Waals surface area contributed by atoms with Crippen LogP contribution < -0.4 is 10.1 Å². The molecular weight excluding hydrogens is 411 g/mol. The number of carbonyl (C=O) groups excluding carboxylic acids is 1. The number of carbonyl (C=O) groups is 1. The van der Waals surface area contributed by atoms with Crippen LogP contribution in [0.1, 0.15) is 12.1 Å². The minimum atomic E-state index is -4.67. The Balaban J connectivity index is 1.62. The lowest BCUT2D eigenvalue weighted by atomic mass is 10.3. The highest BCUT2D eigenvalue weighted by atomic mass is 35.5. The smallest absolute Gasteiger partial charge is 0.435 e. The summed E-state index contributed by atoms with van der Waals surface area (Å²) in [5.41, 5.74) is -0.937. The highest BCUT2D eigenvalue weighted by Gasteiger charge is 2.35. The van der Waals surface area contributed by atoms with Crippen molar-refractivity contribution in [3.05, 3.63) is 59.8 Å². The van der Waals surface area contributed by atoms with Crippen LogP contribution in [0, 0.1) is 0 Å². The number of alkyl halides is 3. The molecule has 7 nitrogen and oxygen atoms in total. The fourth-order valence-corrected chi connectivity index (χ4v) is 2.72. The molecule has 0 aliphatic heterocycles. The number of ether oxygens (including phenoxy) is 1. The van der Waals surface area contributed by atoms with Crippen molar-refractivity contribution in [2.45, 2.75) is 19.1 Å². The molecule has 3 aromatic rings. The van der Waals surface area contributed by atoms with Crippen LogP contribution in [-0.4, -0.2) is 38.4 Å². The Labute approximate surface area is 169 Å². The van der Waals surface area contributed by atoms with Gasteiger partial charge in [0.2, 0.25) is 5.88 Å². The van der Waals surface area contributed by atoms with Crippen molar-refractivity contribution in [3.63, 3.8) is 0 Å². The van der Waals surface area contributed by atoms with Crippen LogP contribution in [0.25, 0.3) is 5.69 Å². The summed E-state index contributed by atoms with van der Waals surface area (Å²) in [4.78, 5) is 15.9. The summed E-state index contributed by atoms with van der Waals surface area (Å²) in [7, 11) is 0. The first-order valence-corrected chi connectivity index (χ1v) is 9.00. The van der Waals surface area contributed by atoms with Crippen molar-refractivity contribution in [2.75, 3.05) is 13.2 Å². The maximum absolute atomic E-state index is 13.1. The van der Waals surface area contributed by atoms with Gasteiger partial charge in [0.25, 0.3) is 5.91 Å². The molecule has 1 amide bonds. The molecule has 3 rings (SSSR count). The van der Waals surface area contributed by atoms with Crippen LogP contribution in [0.2, 0.25) is 5.02 Å². The van der Waals surface area contributed by atoms with Crippen molar-refractivity contribution < 1.29 is 22.7 Å². The average Bonchev–Trinajstić information content (AvgIpc) is 3.33. The first-order valence-electron chi connectivity index (χ1n) is 8.62. The van der Waals surface area contributed by atoms with Crippen molar-refractivity contribution in [2.24, 2.45) is 0 Å². The quantitative estimate of drug-likeness (QED) is 0.560. The Hall–Kier alpha value is -3.01. The fourth-order valence-electron chi connectivity index (χ4n) is 2.50. The lowest BCUT2D eigenvalue weighted by molar-refractivity contribution is -0.141. The zero-order chi connectivity index (χ0) is 20.9. The van der Waals surface area contributed by atoms with E-state index in [1.807, 2.05) is 4.57 Å². The molecule has 29 heavy (non-hydrogen) atoms. The van der Waals surface area contributed by atoms with E-state index in [4.69, 9.17) is 16.3 Å². The summed E-state index contributed by atoms with van der Waals surface area (Å²) in [6, 6.07) is 6.99. The van der Waals surface area contributed by atoms with Gasteiger partial charge in [-0.2, -0.15) is 23.0 Å². The average molecular weight is 428 g/mol. The van der Waals surface area contributed by atoms with E-state index in [1.54, 1.807) is 30.9 Å². The molecule has 0 saturated carbocycles. The van der Waals surface area contributed by atoms with Crippen LogP contribution in [0.3, 0.4) is 0 Å². The topological polar surface area (TPSA) is 74.0 Å². The summed E-state index contributed by atoms with van der Waals surface area (Å²) < 4.78 is 47.3. The van der Waals surface area contributed by atoms with Gasteiger partial charge in [0.1, 0.15) is 0 Å². The summed E-state index contributed by atoms with van der Waals surface area (Å²) >= 11 is 6.06. The Bertz CT molecular complexity index is 957. The third kappa shape index (κ3) is 5.50. The monoisotopic (exact) mass is 427 g/mol. The van der Waals surface area contributed by atoms with Crippen molar-refractivity contribution in [1.82, 2.24) is 24.6 Å². The number of rotatable bonds is 8. The van der Waals surface area contributed by atoms with Crippen LogP contribution in [0.5, 0.6) is 5.88 Å². The number of amides is 1. The number of hydrogen-bond acceptors (Lipinski definition) is 4. The summed E-state index contributed by atoms with van der Waals surface area (Å²) in [5.74, 6) is -0.699. The standard InChI is InChI=1S/C18H17ClF3N5O2/c19-13-4-1-2-5-14(13)27-17(10-15(25-27)18(20,21)22)29-11-16(28)24-6-3-8-26-9-7-23-12-26/h1-2,4-5,7,9-10,12H,3,6,8,11H2,(H,24,28). The highest BCUT2D eigenvalue weighted by molar-refractivity contribution is 6.32. The minimum absolute atomic E-state index is 0.193. The second-order valence-electron chi connectivity index (χ2n) is 6.02. The maximum atomic E-state index is 13.1. The van der Waals surface area contributed by atoms with Crippen LogP contribution >= 0.6 is 11.6 Å². The van der Waals surface area contributed by atoms with Crippen molar-refractivity contribution in [3.8, 4) is 11.6 Å². The first-order chi connectivity index (χ1) is 13.8. The van der Waals surface area contributed by atoms with Gasteiger partial charge in [0, 0.05) is 31.5 Å². The Kier molecular flexibility index (Phi) is 6.42. The van der Waals surface area contributed by atoms with E-state index in [2.05, 4.69) is 15.4 Å². The highest BCUT2D eigenvalue weighted by Crippen LogP contribution is 2.33. The molecule has 2 aromatic heterocycles. The molecule has 0 unspecified atom stereocenters. The van der Waals surface area contributed by atoms with Gasteiger partial charge in [-0.1, -0.05) is 23.7 Å². The molecule has 0 atom stereocenters. The minimum Gasteiger partial charge on any atom is -0.467 e. The van der Waals surface area contributed by atoms with E-state index in [1.165, 1.54) is 12.1 Å². The zero-order valence-corrected chi connectivity index (χ0v) is 15.8. The fraction of sp³-hybridized carbons (Fsp3) is 0.278. The molecule has 0 radical (unpaired) electrons. The molecule has 154 valence electrons. The van der Waals surface area contributed by atoms with Gasteiger partial charge < -0.3 is 14.6 Å². The zero-order valence-electron chi connectivity index (χ0n) is 15.1. The molecular formula is C18H17ClF3N5O2. The number of imidazole rings is 1. The van der Waals surface area contributed by atoms with Gasteiger partial charge in [0.15, 0.2) is 12.3 Å². The lowest BCUT2D eigenvalue weighted by Crippen LogP contribution is -2.30. The van der Waals surface area contributed by atoms with E-state index >= 15 is 0 Å². The second kappa shape index (κ2) is 8.99. The molecule has 0 aliphatic rings. The molecule has 1 aromatic carbocycles. The third-order valence-corrected chi connectivity index (χ3v) is 4.19. The summed E-state index contributed by atoms with van der Waals surface area (Å²) in [6.45, 7) is 0.603. The molecule has 0 aliphatic carbocycles. The number of aromatic nitrogens is 4. The lowest BCUT2D eigenvalue weighted by Gasteiger charge is -2.10. The Morgan fingerprint density at radius 2 is 2.07 bits per heavy atom. The SMILES string of the molecule is O=C(COc1cc(C(F)(F)F)nn1-c1ccccc1Cl)NCCCn1ccnc1. The van der Waals surface area contributed by atoms with Crippen LogP contribution in [0.4, 0.5) is 13.2 Å². The molecule has 0 spiro atoms. The number of aryl methyl sites for hydroxylation is 1. The van der Waals surface area contributed by atoms with E-state index in [0.717, 1.165) is 10.7 Å². The third-order valence-electron chi connectivity index (χ3n) is 3.87. The largest absolute Gasteiger partial charge is 0.467 e. The van der Waals surface area contributed by atoms with E-state index < -0.39 is 24.4 Å². The normalized spacial score (nSPS) is 11.4. The van der Waals surface area contributed by atoms with Gasteiger partial charge in [-0.3, -0.25) is 4.79 Å². The predicted molar refractivity (Wildman–Crippen MR) is 98.9 cm³/mol. The summed E-state index contributed by atoms with van der Waals surface area (Å²) in [6.07, 6.45) is 1.12. The Morgan fingerprint density at radius 1 is 1.28 bits per heavy atom. The number of halogens is 4. The second-order valence-corrected chi connectivity index (χ2v) is 6.43. The predicted octanol–water partition coefficient (Wildman–Crippen LogP) is 3.33. The maximum Gasteiger partial charge on any atom is 0.435 e. The van der Waals surface area contributed by atoms with E-state index in [0.29, 0.717) is 19.5 Å². The molecule has 0 bridgehead atoms. The van der Waals surface area contributed by atoms with Gasteiger partial charge in [-0.05, 0) is 18.6 Å². The van der Waals surface area contributed by atoms with E-state index in [-0.39, 0.29) is 16.6 Å². The van der Waals surface area contributed by atoms with Crippen LogP contribution in [-0.2, 0) is 17.5 Å². The van der Waals surface area contributed by atoms with Gasteiger partial charge >= 0.3 is 6.18 Å². The number of para-hydroxylation sites is 1. The van der Waals surface area contributed by atoms with Crippen LogP contribution in [0.15, 0.2) is 49.1 Å². The molecule has 0 fully saturated rings. The molecule has 2 heterocycles. The number of benzene rings is 1. The number of hydrogen-bond donors (Lipinski definition) is 1. The Morgan fingerprint density at radius 3 is 2.76 bits per heavy atom. The van der Waals surface area contributed by atoms with Gasteiger partial charge in [-0.15, -0.1) is 0 Å².